The lowest BCUT2D eigenvalue weighted by molar-refractivity contribution is -0.130. The Labute approximate surface area is 196 Å². The van der Waals surface area contributed by atoms with Crippen molar-refractivity contribution in [3.8, 4) is 0 Å². The van der Waals surface area contributed by atoms with Crippen LogP contribution in [0.15, 0.2) is 59.6 Å². The maximum atomic E-state index is 12.7. The van der Waals surface area contributed by atoms with E-state index in [1.54, 1.807) is 7.05 Å². The van der Waals surface area contributed by atoms with E-state index in [9.17, 15) is 4.79 Å². The molecule has 0 atom stereocenters. The van der Waals surface area contributed by atoms with Crippen molar-refractivity contribution in [1.29, 1.82) is 0 Å². The van der Waals surface area contributed by atoms with Gasteiger partial charge in [-0.3, -0.25) is 9.79 Å². The Hall–Kier alpha value is -2.29. The van der Waals surface area contributed by atoms with Crippen LogP contribution in [0.5, 0.6) is 0 Å². The molecule has 0 radical (unpaired) electrons. The first-order chi connectivity index (χ1) is 14.2. The largest absolute Gasteiger partial charge is 0.368 e. The van der Waals surface area contributed by atoms with E-state index in [-0.39, 0.29) is 36.4 Å². The molecule has 30 heavy (non-hydrogen) atoms. The van der Waals surface area contributed by atoms with Crippen LogP contribution in [0.4, 0.5) is 5.69 Å². The predicted molar refractivity (Wildman–Crippen MR) is 133 cm³/mol. The van der Waals surface area contributed by atoms with Gasteiger partial charge in [-0.05, 0) is 29.7 Å². The molecule has 2 aromatic rings. The fraction of sp³-hybridized carbons (Fsp3) is 0.391. The van der Waals surface area contributed by atoms with Crippen molar-refractivity contribution >= 4 is 41.5 Å². The number of amides is 1. The summed E-state index contributed by atoms with van der Waals surface area (Å²) in [6.07, 6.45) is 0.929. The normalized spacial score (nSPS) is 16.6. The van der Waals surface area contributed by atoms with Gasteiger partial charge in [0.15, 0.2) is 5.96 Å². The van der Waals surface area contributed by atoms with E-state index in [0.717, 1.165) is 45.1 Å². The van der Waals surface area contributed by atoms with E-state index >= 15 is 0 Å². The highest BCUT2D eigenvalue weighted by molar-refractivity contribution is 14.0. The summed E-state index contributed by atoms with van der Waals surface area (Å²) >= 11 is 0. The highest BCUT2D eigenvalue weighted by atomic mass is 127. The molecule has 0 saturated carbocycles. The third kappa shape index (κ3) is 5.24. The minimum absolute atomic E-state index is 0. The quantitative estimate of drug-likeness (QED) is 0.385. The number of benzene rings is 2. The number of nitrogens with one attached hydrogen (secondary N) is 1. The van der Waals surface area contributed by atoms with Gasteiger partial charge in [0.25, 0.3) is 0 Å². The highest BCUT2D eigenvalue weighted by Gasteiger charge is 2.23. The second-order valence-corrected chi connectivity index (χ2v) is 7.54. The maximum Gasteiger partial charge on any atom is 0.242 e. The van der Waals surface area contributed by atoms with Crippen LogP contribution in [0.25, 0.3) is 0 Å². The van der Waals surface area contributed by atoms with Crippen LogP contribution in [-0.2, 0) is 17.8 Å². The zero-order valence-corrected chi connectivity index (χ0v) is 19.8. The number of carbonyl (C=O) groups is 1. The van der Waals surface area contributed by atoms with E-state index in [1.807, 2.05) is 17.0 Å². The van der Waals surface area contributed by atoms with Gasteiger partial charge in [-0.15, -0.1) is 24.0 Å². The Bertz CT molecular complexity index is 865. The first-order valence-corrected chi connectivity index (χ1v) is 10.3. The number of para-hydroxylation sites is 1. The van der Waals surface area contributed by atoms with Crippen LogP contribution >= 0.6 is 24.0 Å². The topological polar surface area (TPSA) is 51.2 Å². The van der Waals surface area contributed by atoms with E-state index in [4.69, 9.17) is 0 Å². The summed E-state index contributed by atoms with van der Waals surface area (Å²) in [6.45, 7) is 5.44. The molecular formula is C23H30IN5O. The highest BCUT2D eigenvalue weighted by Crippen LogP contribution is 2.18. The second kappa shape index (κ2) is 10.7. The Morgan fingerprint density at radius 3 is 2.27 bits per heavy atom. The number of nitrogens with zero attached hydrogens (tertiary/aromatic N) is 4. The number of carbonyl (C=O) groups excluding carboxylic acids is 1. The number of rotatable bonds is 3. The smallest absolute Gasteiger partial charge is 0.242 e. The molecular weight excluding hydrogens is 489 g/mol. The summed E-state index contributed by atoms with van der Waals surface area (Å²) in [5, 5.41) is 3.28. The Kier molecular flexibility index (Phi) is 7.95. The summed E-state index contributed by atoms with van der Waals surface area (Å²) in [5.74, 6) is 0.937. The summed E-state index contributed by atoms with van der Waals surface area (Å²) in [4.78, 5) is 23.7. The van der Waals surface area contributed by atoms with Gasteiger partial charge in [-0.1, -0.05) is 42.5 Å². The van der Waals surface area contributed by atoms with Crippen molar-refractivity contribution in [2.45, 2.75) is 13.0 Å². The molecule has 4 rings (SSSR count). The molecule has 7 heteroatoms. The number of aliphatic imine (C=N–C) groups is 1. The number of halogens is 1. The molecule has 0 aromatic heterocycles. The van der Waals surface area contributed by atoms with Crippen molar-refractivity contribution in [1.82, 2.24) is 15.1 Å². The van der Waals surface area contributed by atoms with Gasteiger partial charge in [0, 0.05) is 52.0 Å². The van der Waals surface area contributed by atoms with E-state index in [1.165, 1.54) is 16.8 Å². The van der Waals surface area contributed by atoms with Crippen LogP contribution in [0.2, 0.25) is 0 Å². The molecule has 2 aliphatic heterocycles. The van der Waals surface area contributed by atoms with Crippen molar-refractivity contribution < 1.29 is 4.79 Å². The molecule has 2 aromatic carbocycles. The van der Waals surface area contributed by atoms with Gasteiger partial charge in [0.2, 0.25) is 5.91 Å². The summed E-state index contributed by atoms with van der Waals surface area (Å²) in [6, 6.07) is 18.9. The lowest BCUT2D eigenvalue weighted by atomic mass is 10.00. The van der Waals surface area contributed by atoms with Crippen LogP contribution in [0.3, 0.4) is 0 Å². The molecule has 1 amide bonds. The van der Waals surface area contributed by atoms with Gasteiger partial charge in [0.05, 0.1) is 6.54 Å². The van der Waals surface area contributed by atoms with Gasteiger partial charge >= 0.3 is 0 Å². The zero-order chi connectivity index (χ0) is 20.1. The average Bonchev–Trinajstić information content (AvgIpc) is 2.80. The molecule has 0 aliphatic carbocycles. The van der Waals surface area contributed by atoms with Gasteiger partial charge in [-0.25, -0.2) is 0 Å². The molecule has 0 bridgehead atoms. The number of hydrogen-bond acceptors (Lipinski definition) is 3. The van der Waals surface area contributed by atoms with Crippen molar-refractivity contribution in [3.63, 3.8) is 0 Å². The lowest BCUT2D eigenvalue weighted by Gasteiger charge is -2.38. The Balaban J connectivity index is 0.00000256. The minimum Gasteiger partial charge on any atom is -0.368 e. The van der Waals surface area contributed by atoms with Crippen molar-refractivity contribution in [3.05, 3.63) is 65.7 Å². The number of anilines is 1. The molecule has 1 fully saturated rings. The number of guanidine groups is 1. The maximum absolute atomic E-state index is 12.7. The Morgan fingerprint density at radius 1 is 0.900 bits per heavy atom. The Morgan fingerprint density at radius 2 is 1.57 bits per heavy atom. The minimum atomic E-state index is 0. The molecule has 2 aliphatic rings. The van der Waals surface area contributed by atoms with E-state index in [2.05, 4.69) is 62.6 Å². The summed E-state index contributed by atoms with van der Waals surface area (Å²) in [7, 11) is 1.79. The number of piperazine rings is 1. The molecule has 6 nitrogen and oxygen atoms in total. The van der Waals surface area contributed by atoms with Gasteiger partial charge in [0.1, 0.15) is 0 Å². The zero-order valence-electron chi connectivity index (χ0n) is 17.5. The van der Waals surface area contributed by atoms with Gasteiger partial charge in [-0.2, -0.15) is 0 Å². The first-order valence-electron chi connectivity index (χ1n) is 10.3. The lowest BCUT2D eigenvalue weighted by Crippen LogP contribution is -2.54. The second-order valence-electron chi connectivity index (χ2n) is 7.54. The van der Waals surface area contributed by atoms with Crippen molar-refractivity contribution in [2.75, 3.05) is 51.2 Å². The van der Waals surface area contributed by atoms with E-state index < -0.39 is 0 Å². The first kappa shape index (κ1) is 22.4. The van der Waals surface area contributed by atoms with Crippen LogP contribution in [0.1, 0.15) is 11.1 Å². The van der Waals surface area contributed by atoms with Gasteiger partial charge < -0.3 is 20.0 Å². The third-order valence-electron chi connectivity index (χ3n) is 5.79. The summed E-state index contributed by atoms with van der Waals surface area (Å²) in [5.41, 5.74) is 3.88. The molecule has 1 N–H and O–H groups in total. The van der Waals surface area contributed by atoms with Crippen LogP contribution in [-0.4, -0.2) is 68.0 Å². The van der Waals surface area contributed by atoms with E-state index in [0.29, 0.717) is 6.54 Å². The third-order valence-corrected chi connectivity index (χ3v) is 5.79. The SMILES string of the molecule is CN=C(NCC(=O)N1CCc2ccccc2C1)N1CCN(c2ccccc2)CC1.I. The van der Waals surface area contributed by atoms with Crippen LogP contribution in [0, 0.1) is 0 Å². The molecule has 0 unspecified atom stereocenters. The molecule has 160 valence electrons. The molecule has 2 heterocycles. The molecule has 0 spiro atoms. The predicted octanol–water partition coefficient (Wildman–Crippen LogP) is 2.59. The number of fused-ring (bicyclic) bond motifs is 1. The van der Waals surface area contributed by atoms with Crippen LogP contribution < -0.4 is 10.2 Å². The fourth-order valence-electron chi connectivity index (χ4n) is 4.12. The van der Waals surface area contributed by atoms with Crippen molar-refractivity contribution in [2.24, 2.45) is 4.99 Å². The standard InChI is InChI=1S/C23H29N5O.HI/c1-24-23(27-15-13-26(14-16-27)21-9-3-2-4-10-21)25-17-22(29)28-12-11-19-7-5-6-8-20(19)18-28;/h2-10H,11-18H2,1H3,(H,24,25);1H. The monoisotopic (exact) mass is 519 g/mol. The number of hydrogen-bond donors (Lipinski definition) is 1. The average molecular weight is 519 g/mol. The summed E-state index contributed by atoms with van der Waals surface area (Å²) < 4.78 is 0. The fourth-order valence-corrected chi connectivity index (χ4v) is 4.12. The molecule has 1 saturated heterocycles.